The van der Waals surface area contributed by atoms with Gasteiger partial charge in [0.2, 0.25) is 0 Å². The maximum Gasteiger partial charge on any atom is 0.262 e. The first kappa shape index (κ1) is 30.3. The van der Waals surface area contributed by atoms with Crippen molar-refractivity contribution < 1.29 is 34.1 Å². The number of phenols is 1. The molecule has 1 amide bonds. The molecule has 3 saturated heterocycles. The molecule has 9 nitrogen and oxygen atoms in total. The Balaban J connectivity index is 0.972. The van der Waals surface area contributed by atoms with E-state index in [9.17, 15) is 20.1 Å². The van der Waals surface area contributed by atoms with Crippen molar-refractivity contribution in [2.45, 2.75) is 69.2 Å². The molecule has 0 aromatic heterocycles. The van der Waals surface area contributed by atoms with Gasteiger partial charge in [-0.15, -0.1) is 0 Å². The molecule has 3 atom stereocenters. The second kappa shape index (κ2) is 13.1. The summed E-state index contributed by atoms with van der Waals surface area (Å²) < 4.78 is 13.3. The number of hydrogen-bond donors (Lipinski definition) is 5. The third-order valence-corrected chi connectivity index (χ3v) is 10.5. The maximum absolute atomic E-state index is 12.0. The highest BCUT2D eigenvalue weighted by molar-refractivity contribution is 5.96. The number of ether oxygens (including phenoxy) is 2. The number of nitrogens with zero attached hydrogens (tertiary/aromatic N) is 1. The van der Waals surface area contributed by atoms with Gasteiger partial charge in [-0.05, 0) is 49.8 Å². The Morgan fingerprint density at radius 2 is 1.86 bits per heavy atom. The van der Waals surface area contributed by atoms with Crippen LogP contribution < -0.4 is 15.4 Å². The zero-order valence-electron chi connectivity index (χ0n) is 25.2. The van der Waals surface area contributed by atoms with E-state index in [1.54, 1.807) is 0 Å². The summed E-state index contributed by atoms with van der Waals surface area (Å²) in [7, 11) is 0. The number of fused-ring (bicyclic) bond motifs is 4. The number of quaternary nitrogens is 1. The molecule has 2 bridgehead atoms. The Morgan fingerprint density at radius 1 is 1.09 bits per heavy atom. The molecule has 5 aliphatic rings. The first-order chi connectivity index (χ1) is 20.9. The zero-order valence-corrected chi connectivity index (χ0v) is 25.2. The zero-order chi connectivity index (χ0) is 29.9. The molecule has 5 N–H and O–H groups in total. The van der Waals surface area contributed by atoms with E-state index in [4.69, 9.17) is 9.47 Å². The number of aromatic hydroxyl groups is 1. The summed E-state index contributed by atoms with van der Waals surface area (Å²) >= 11 is 0. The second-order valence-corrected chi connectivity index (χ2v) is 13.3. The van der Waals surface area contributed by atoms with Gasteiger partial charge >= 0.3 is 0 Å². The Labute approximate surface area is 254 Å². The molecule has 0 radical (unpaired) electrons. The highest BCUT2D eigenvalue weighted by Gasteiger charge is 2.48. The van der Waals surface area contributed by atoms with Crippen LogP contribution in [0.1, 0.15) is 68.6 Å². The summed E-state index contributed by atoms with van der Waals surface area (Å²) in [5.74, 6) is 0.960. The number of carbonyl (C=O) groups excluding carboxylic acids is 1. The number of amides is 1. The van der Waals surface area contributed by atoms with E-state index in [2.05, 4.69) is 22.8 Å². The van der Waals surface area contributed by atoms with Crippen molar-refractivity contribution in [3.05, 3.63) is 53.6 Å². The third-order valence-electron chi connectivity index (χ3n) is 10.5. The van der Waals surface area contributed by atoms with Crippen LogP contribution in [0.4, 0.5) is 5.69 Å². The topological polar surface area (TPSA) is 120 Å². The van der Waals surface area contributed by atoms with Crippen LogP contribution in [-0.4, -0.2) is 84.3 Å². The molecule has 4 fully saturated rings. The molecule has 4 heterocycles. The van der Waals surface area contributed by atoms with Crippen molar-refractivity contribution in [3.63, 3.8) is 0 Å². The number of anilines is 1. The summed E-state index contributed by atoms with van der Waals surface area (Å²) in [5, 5.41) is 38.9. The van der Waals surface area contributed by atoms with Gasteiger partial charge in [-0.3, -0.25) is 4.79 Å². The average molecular weight is 595 g/mol. The van der Waals surface area contributed by atoms with Crippen LogP contribution in [-0.2, 0) is 15.1 Å². The average Bonchev–Trinajstić information content (AvgIpc) is 3.58. The molecule has 43 heavy (non-hydrogen) atoms. The minimum atomic E-state index is -0.914. The van der Waals surface area contributed by atoms with Crippen LogP contribution in [0.5, 0.6) is 11.5 Å². The standard InChI is InChI=1S/C34H47N3O6/c38-27-18-28(33-29(19-27)36-32(40)22-42-33)30(39)20-35-14-6-7-15-37-16-12-24(13-17-37)31(21-37)43-23-34(41,26-10-4-5-11-26)25-8-2-1-3-9-25/h1-3,8-9,18-19,24,26,30-31,35,39,41H,4-7,10-17,20-23H2,(H-,36,38,40)/p+1/t24?,30-,31-,34+,37?/m0/s1. The molecule has 9 heteroatoms. The first-order valence-electron chi connectivity index (χ1n) is 16.3. The molecule has 1 saturated carbocycles. The van der Waals surface area contributed by atoms with Crippen molar-refractivity contribution in [1.82, 2.24) is 5.32 Å². The Morgan fingerprint density at radius 3 is 2.63 bits per heavy atom. The molecule has 2 aromatic rings. The van der Waals surface area contributed by atoms with Gasteiger partial charge in [0.1, 0.15) is 29.7 Å². The van der Waals surface area contributed by atoms with E-state index >= 15 is 0 Å². The van der Waals surface area contributed by atoms with Crippen LogP contribution in [0.15, 0.2) is 42.5 Å². The highest BCUT2D eigenvalue weighted by Crippen LogP contribution is 2.43. The molecular formula is C34H48N3O6+. The molecule has 234 valence electrons. The molecule has 4 aliphatic heterocycles. The Bertz CT molecular complexity index is 1240. The minimum Gasteiger partial charge on any atom is -0.508 e. The van der Waals surface area contributed by atoms with Crippen molar-refractivity contribution in [3.8, 4) is 11.5 Å². The number of unbranched alkanes of at least 4 members (excludes halogenated alkanes) is 1. The monoisotopic (exact) mass is 594 g/mol. The van der Waals surface area contributed by atoms with E-state index < -0.39 is 11.7 Å². The third kappa shape index (κ3) is 6.71. The van der Waals surface area contributed by atoms with Crippen molar-refractivity contribution in [2.24, 2.45) is 11.8 Å². The van der Waals surface area contributed by atoms with E-state index in [1.807, 2.05) is 18.2 Å². The predicted molar refractivity (Wildman–Crippen MR) is 164 cm³/mol. The highest BCUT2D eigenvalue weighted by atomic mass is 16.5. The van der Waals surface area contributed by atoms with E-state index in [0.29, 0.717) is 36.1 Å². The molecule has 0 spiro atoms. The number of rotatable bonds is 13. The van der Waals surface area contributed by atoms with Gasteiger partial charge in [-0.2, -0.15) is 0 Å². The molecule has 2 aromatic carbocycles. The van der Waals surface area contributed by atoms with Crippen LogP contribution in [0, 0.1) is 11.8 Å². The lowest BCUT2D eigenvalue weighted by Crippen LogP contribution is -2.64. The number of carbonyl (C=O) groups is 1. The molecule has 1 aliphatic carbocycles. The number of aliphatic hydroxyl groups is 2. The van der Waals surface area contributed by atoms with Crippen LogP contribution in [0.3, 0.4) is 0 Å². The SMILES string of the molecule is O=C1COc2c(cc(O)cc2[C@@H](O)CNCCCC[N+]23CCC(CC2)[C@@H](OC[C@@](O)(c2ccccc2)C2CCCC2)C3)N1. The lowest BCUT2D eigenvalue weighted by molar-refractivity contribution is -0.946. The summed E-state index contributed by atoms with van der Waals surface area (Å²) in [6.45, 7) is 5.96. The van der Waals surface area contributed by atoms with Gasteiger partial charge in [0.25, 0.3) is 5.91 Å². The summed E-state index contributed by atoms with van der Waals surface area (Å²) in [6, 6.07) is 13.1. The summed E-state index contributed by atoms with van der Waals surface area (Å²) in [5.41, 5.74) is 0.932. The summed E-state index contributed by atoms with van der Waals surface area (Å²) in [4.78, 5) is 11.6. The van der Waals surface area contributed by atoms with Crippen molar-refractivity contribution in [1.29, 1.82) is 0 Å². The predicted octanol–water partition coefficient (Wildman–Crippen LogP) is 3.83. The fourth-order valence-corrected chi connectivity index (χ4v) is 8.03. The van der Waals surface area contributed by atoms with Crippen molar-refractivity contribution in [2.75, 3.05) is 57.8 Å². The van der Waals surface area contributed by atoms with Gasteiger partial charge in [-0.25, -0.2) is 0 Å². The van der Waals surface area contributed by atoms with Crippen molar-refractivity contribution >= 4 is 11.6 Å². The van der Waals surface area contributed by atoms with Gasteiger partial charge in [-0.1, -0.05) is 43.2 Å². The quantitative estimate of drug-likeness (QED) is 0.177. The van der Waals surface area contributed by atoms with Crippen LogP contribution in [0.25, 0.3) is 0 Å². The Hall–Kier alpha value is -2.69. The molecule has 0 unspecified atom stereocenters. The summed E-state index contributed by atoms with van der Waals surface area (Å²) in [6.07, 6.45) is 8.32. The fourth-order valence-electron chi connectivity index (χ4n) is 8.03. The molecular weight excluding hydrogens is 546 g/mol. The smallest absolute Gasteiger partial charge is 0.262 e. The number of benzene rings is 2. The van der Waals surface area contributed by atoms with E-state index in [-0.39, 0.29) is 30.3 Å². The largest absolute Gasteiger partial charge is 0.508 e. The van der Waals surface area contributed by atoms with Crippen LogP contribution >= 0.6 is 0 Å². The lowest BCUT2D eigenvalue weighted by atomic mass is 9.80. The van der Waals surface area contributed by atoms with Gasteiger partial charge in [0, 0.05) is 36.9 Å². The van der Waals surface area contributed by atoms with Crippen LogP contribution in [0.2, 0.25) is 0 Å². The number of aliphatic hydroxyl groups excluding tert-OH is 1. The van der Waals surface area contributed by atoms with Gasteiger partial charge in [0.05, 0.1) is 38.0 Å². The molecule has 7 rings (SSSR count). The Kier molecular flexibility index (Phi) is 9.26. The van der Waals surface area contributed by atoms with Gasteiger partial charge < -0.3 is 39.9 Å². The maximum atomic E-state index is 12.0. The normalized spacial score (nSPS) is 27.3. The number of nitrogens with one attached hydrogen (secondary N) is 2. The second-order valence-electron chi connectivity index (χ2n) is 13.3. The first-order valence-corrected chi connectivity index (χ1v) is 16.3. The van der Waals surface area contributed by atoms with E-state index in [0.717, 1.165) is 55.4 Å². The number of hydrogen-bond acceptors (Lipinski definition) is 7. The fraction of sp³-hybridized carbons (Fsp3) is 0.618. The lowest BCUT2D eigenvalue weighted by Gasteiger charge is -2.53. The minimum absolute atomic E-state index is 0.0246. The number of phenolic OH excluding ortho intramolecular Hbond substituents is 1. The van der Waals surface area contributed by atoms with Gasteiger partial charge in [0.15, 0.2) is 6.61 Å². The number of piperidine rings is 3. The van der Waals surface area contributed by atoms with E-state index in [1.165, 1.54) is 50.9 Å².